The molecule has 3 rings (SSSR count). The van der Waals surface area contributed by atoms with Gasteiger partial charge in [0.25, 0.3) is 5.56 Å². The number of anilines is 1. The number of carbonyl (C=O) groups excluding carboxylic acids is 1. The highest BCUT2D eigenvalue weighted by molar-refractivity contribution is 5.95. The molecule has 1 aromatic heterocycles. The van der Waals surface area contributed by atoms with Crippen LogP contribution >= 0.6 is 0 Å². The molecular formula is C18H18N4O4. The normalized spacial score (nSPS) is 11.8. The Hall–Kier alpha value is -3.42. The first-order valence-electron chi connectivity index (χ1n) is 7.92. The molecule has 1 atom stereocenters. The number of nitrogens with one attached hydrogen (secondary N) is 1. The minimum atomic E-state index is -0.865. The Bertz CT molecular complexity index is 1020. The van der Waals surface area contributed by atoms with Crippen molar-refractivity contribution in [3.05, 3.63) is 52.8 Å². The second kappa shape index (κ2) is 7.22. The van der Waals surface area contributed by atoms with Gasteiger partial charge in [0.1, 0.15) is 23.1 Å². The maximum Gasteiger partial charge on any atom is 0.278 e. The first-order chi connectivity index (χ1) is 12.5. The van der Waals surface area contributed by atoms with E-state index in [0.29, 0.717) is 28.1 Å². The van der Waals surface area contributed by atoms with Crippen molar-refractivity contribution in [3.8, 4) is 11.5 Å². The van der Waals surface area contributed by atoms with Crippen LogP contribution in [0.4, 0.5) is 5.69 Å². The fourth-order valence-corrected chi connectivity index (χ4v) is 2.52. The van der Waals surface area contributed by atoms with Crippen LogP contribution in [0.1, 0.15) is 13.0 Å². The zero-order valence-electron chi connectivity index (χ0n) is 14.6. The second-order valence-corrected chi connectivity index (χ2v) is 5.59. The van der Waals surface area contributed by atoms with Crippen LogP contribution in [0.2, 0.25) is 0 Å². The highest BCUT2D eigenvalue weighted by Crippen LogP contribution is 2.29. The third-order valence-electron chi connectivity index (χ3n) is 4.00. The maximum absolute atomic E-state index is 12.6. The minimum absolute atomic E-state index is 0.379. The van der Waals surface area contributed by atoms with Crippen molar-refractivity contribution in [1.82, 2.24) is 15.0 Å². The Morgan fingerprint density at radius 1 is 1.15 bits per heavy atom. The number of hydrogen-bond donors (Lipinski definition) is 1. The molecule has 0 aliphatic heterocycles. The molecule has 0 saturated carbocycles. The Kier molecular flexibility index (Phi) is 4.83. The predicted octanol–water partition coefficient (Wildman–Crippen LogP) is 2.01. The zero-order valence-corrected chi connectivity index (χ0v) is 14.6. The van der Waals surface area contributed by atoms with E-state index in [0.717, 1.165) is 4.68 Å². The Balaban J connectivity index is 1.91. The van der Waals surface area contributed by atoms with Gasteiger partial charge in [0, 0.05) is 6.07 Å². The van der Waals surface area contributed by atoms with Crippen LogP contribution in [0.15, 0.2) is 47.3 Å². The summed E-state index contributed by atoms with van der Waals surface area (Å²) in [5.74, 6) is 0.614. The molecule has 134 valence electrons. The molecule has 8 nitrogen and oxygen atoms in total. The van der Waals surface area contributed by atoms with Crippen molar-refractivity contribution in [2.45, 2.75) is 13.0 Å². The second-order valence-electron chi connectivity index (χ2n) is 5.59. The van der Waals surface area contributed by atoms with Gasteiger partial charge in [-0.15, -0.1) is 5.10 Å². The van der Waals surface area contributed by atoms with E-state index in [9.17, 15) is 9.59 Å². The molecular weight excluding hydrogens is 336 g/mol. The van der Waals surface area contributed by atoms with Crippen LogP contribution in [0, 0.1) is 0 Å². The number of nitrogens with zero attached hydrogens (tertiary/aromatic N) is 3. The van der Waals surface area contributed by atoms with Gasteiger partial charge >= 0.3 is 0 Å². The summed E-state index contributed by atoms with van der Waals surface area (Å²) < 4.78 is 11.5. The smallest absolute Gasteiger partial charge is 0.278 e. The zero-order chi connectivity index (χ0) is 18.7. The van der Waals surface area contributed by atoms with Crippen molar-refractivity contribution < 1.29 is 14.3 Å². The first kappa shape index (κ1) is 17.4. The number of aromatic nitrogens is 3. The molecule has 1 heterocycles. The number of amides is 1. The molecule has 2 aromatic carbocycles. The van der Waals surface area contributed by atoms with Gasteiger partial charge in [0.2, 0.25) is 5.91 Å². The highest BCUT2D eigenvalue weighted by atomic mass is 16.5. The summed E-state index contributed by atoms with van der Waals surface area (Å²) in [4.78, 5) is 25.2. The molecule has 0 saturated heterocycles. The lowest BCUT2D eigenvalue weighted by molar-refractivity contribution is -0.119. The molecule has 0 bridgehead atoms. The number of hydrogen-bond acceptors (Lipinski definition) is 6. The van der Waals surface area contributed by atoms with Crippen LogP contribution in [0.3, 0.4) is 0 Å². The number of carbonyl (C=O) groups is 1. The van der Waals surface area contributed by atoms with Gasteiger partial charge in [0.05, 0.1) is 25.3 Å². The third-order valence-corrected chi connectivity index (χ3v) is 4.00. The molecule has 0 unspecified atom stereocenters. The standard InChI is InChI=1S/C18H18N4O4/c1-11(22-18(24)13-6-4-5-7-14(13)20-21-22)17(23)19-15-10-12(25-2)8-9-16(15)26-3/h4-11H,1-3H3,(H,19,23)/t11-/m1/s1. The van der Waals surface area contributed by atoms with Gasteiger partial charge in [-0.2, -0.15) is 4.68 Å². The molecule has 1 amide bonds. The van der Waals surface area contributed by atoms with E-state index in [4.69, 9.17) is 9.47 Å². The molecule has 0 fully saturated rings. The van der Waals surface area contributed by atoms with E-state index < -0.39 is 11.9 Å². The lowest BCUT2D eigenvalue weighted by Crippen LogP contribution is -2.34. The number of methoxy groups -OCH3 is 2. The summed E-state index contributed by atoms with van der Waals surface area (Å²) in [7, 11) is 3.03. The molecule has 1 N–H and O–H groups in total. The van der Waals surface area contributed by atoms with Crippen LogP contribution in [-0.4, -0.2) is 35.1 Å². The average Bonchev–Trinajstić information content (AvgIpc) is 2.67. The number of fused-ring (bicyclic) bond motifs is 1. The van der Waals surface area contributed by atoms with Crippen molar-refractivity contribution in [1.29, 1.82) is 0 Å². The van der Waals surface area contributed by atoms with Crippen LogP contribution < -0.4 is 20.3 Å². The van der Waals surface area contributed by atoms with E-state index in [1.165, 1.54) is 14.2 Å². The van der Waals surface area contributed by atoms with E-state index >= 15 is 0 Å². The molecule has 0 spiro atoms. The van der Waals surface area contributed by atoms with Gasteiger partial charge in [-0.05, 0) is 31.2 Å². The molecule has 0 radical (unpaired) electrons. The summed E-state index contributed by atoms with van der Waals surface area (Å²) in [6.07, 6.45) is 0. The quantitative estimate of drug-likeness (QED) is 0.753. The van der Waals surface area contributed by atoms with Gasteiger partial charge < -0.3 is 14.8 Å². The van der Waals surface area contributed by atoms with E-state index in [1.54, 1.807) is 49.4 Å². The summed E-state index contributed by atoms with van der Waals surface area (Å²) in [5, 5.41) is 11.0. The third kappa shape index (κ3) is 3.21. The van der Waals surface area contributed by atoms with Crippen LogP contribution in [0.5, 0.6) is 11.5 Å². The number of benzene rings is 2. The number of rotatable bonds is 5. The lowest BCUT2D eigenvalue weighted by atomic mass is 10.2. The van der Waals surface area contributed by atoms with Gasteiger partial charge in [-0.3, -0.25) is 9.59 Å². The topological polar surface area (TPSA) is 95.3 Å². The monoisotopic (exact) mass is 354 g/mol. The number of ether oxygens (including phenoxy) is 2. The van der Waals surface area contributed by atoms with Crippen molar-refractivity contribution in [3.63, 3.8) is 0 Å². The molecule has 0 aliphatic carbocycles. The summed E-state index contributed by atoms with van der Waals surface area (Å²) in [6.45, 7) is 1.58. The fourth-order valence-electron chi connectivity index (χ4n) is 2.52. The summed E-state index contributed by atoms with van der Waals surface area (Å²) >= 11 is 0. The van der Waals surface area contributed by atoms with Crippen molar-refractivity contribution >= 4 is 22.5 Å². The Labute approximate surface area is 149 Å². The van der Waals surface area contributed by atoms with Crippen LogP contribution in [0.25, 0.3) is 10.9 Å². The average molecular weight is 354 g/mol. The molecule has 0 aliphatic rings. The SMILES string of the molecule is COc1ccc(OC)c(NC(=O)[C@@H](C)n2nnc3ccccc3c2=O)c1. The van der Waals surface area contributed by atoms with Crippen LogP contribution in [-0.2, 0) is 4.79 Å². The fraction of sp³-hybridized carbons (Fsp3) is 0.222. The molecule has 8 heteroatoms. The van der Waals surface area contributed by atoms with Gasteiger partial charge in [-0.1, -0.05) is 17.3 Å². The summed E-state index contributed by atoms with van der Waals surface area (Å²) in [5.41, 5.74) is 0.539. The lowest BCUT2D eigenvalue weighted by Gasteiger charge is -2.16. The Morgan fingerprint density at radius 3 is 2.65 bits per heavy atom. The highest BCUT2D eigenvalue weighted by Gasteiger charge is 2.20. The maximum atomic E-state index is 12.6. The van der Waals surface area contributed by atoms with Crippen molar-refractivity contribution in [2.75, 3.05) is 19.5 Å². The minimum Gasteiger partial charge on any atom is -0.497 e. The summed E-state index contributed by atoms with van der Waals surface area (Å²) in [6, 6.07) is 11.0. The van der Waals surface area contributed by atoms with Gasteiger partial charge in [-0.25, -0.2) is 0 Å². The molecule has 3 aromatic rings. The first-order valence-corrected chi connectivity index (χ1v) is 7.92. The predicted molar refractivity (Wildman–Crippen MR) is 96.7 cm³/mol. The van der Waals surface area contributed by atoms with E-state index in [2.05, 4.69) is 15.6 Å². The Morgan fingerprint density at radius 2 is 1.92 bits per heavy atom. The van der Waals surface area contributed by atoms with Gasteiger partial charge in [0.15, 0.2) is 0 Å². The van der Waals surface area contributed by atoms with Crippen molar-refractivity contribution in [2.24, 2.45) is 0 Å². The largest absolute Gasteiger partial charge is 0.497 e. The molecule has 26 heavy (non-hydrogen) atoms. The van der Waals surface area contributed by atoms with E-state index in [1.807, 2.05) is 0 Å². The van der Waals surface area contributed by atoms with E-state index in [-0.39, 0.29) is 5.56 Å².